The number of carbonyl (C=O) groups excluding carboxylic acids is 1. The molecule has 0 aliphatic carbocycles. The van der Waals surface area contributed by atoms with Gasteiger partial charge in [0.15, 0.2) is 5.78 Å². The van der Waals surface area contributed by atoms with Crippen LogP contribution in [0.5, 0.6) is 0 Å². The Bertz CT molecular complexity index is 822. The van der Waals surface area contributed by atoms with Crippen molar-refractivity contribution in [1.82, 2.24) is 0 Å². The molecule has 23 heavy (non-hydrogen) atoms. The molecule has 0 aromatic heterocycles. The van der Waals surface area contributed by atoms with Gasteiger partial charge in [0, 0.05) is 22.1 Å². The lowest BCUT2D eigenvalue weighted by Gasteiger charge is -2.15. The molecule has 4 nitrogen and oxygen atoms in total. The van der Waals surface area contributed by atoms with Crippen LogP contribution in [0, 0.1) is 0 Å². The van der Waals surface area contributed by atoms with Crippen molar-refractivity contribution in [1.29, 1.82) is 0 Å². The molecule has 116 valence electrons. The zero-order valence-electron chi connectivity index (χ0n) is 12.6. The quantitative estimate of drug-likeness (QED) is 0.338. The molecule has 0 bridgehead atoms. The third-order valence-corrected chi connectivity index (χ3v) is 3.67. The molecule has 1 N–H and O–H groups in total. The average Bonchev–Trinajstić information content (AvgIpc) is 2.61. The van der Waals surface area contributed by atoms with E-state index in [1.807, 2.05) is 36.4 Å². The van der Waals surface area contributed by atoms with E-state index in [0.29, 0.717) is 22.1 Å². The van der Waals surface area contributed by atoms with Crippen molar-refractivity contribution in [3.8, 4) is 0 Å². The summed E-state index contributed by atoms with van der Waals surface area (Å²) in [5.74, 6) is -0.103. The normalized spacial score (nSPS) is 12.3. The summed E-state index contributed by atoms with van der Waals surface area (Å²) in [6, 6.07) is 19.9. The van der Waals surface area contributed by atoms with Crippen LogP contribution in [-0.2, 0) is 9.78 Å². The minimum absolute atomic E-state index is 0.103. The van der Waals surface area contributed by atoms with Gasteiger partial charge < -0.3 is 5.11 Å². The van der Waals surface area contributed by atoms with Gasteiger partial charge in [-0.15, -0.1) is 0 Å². The van der Waals surface area contributed by atoms with Gasteiger partial charge in [0.05, 0.1) is 7.11 Å². The summed E-state index contributed by atoms with van der Waals surface area (Å²) in [5.41, 5.74) is 1.60. The van der Waals surface area contributed by atoms with E-state index in [0.717, 1.165) is 5.39 Å². The van der Waals surface area contributed by atoms with Gasteiger partial charge in [-0.2, -0.15) is 4.89 Å². The molecule has 0 radical (unpaired) electrons. The Morgan fingerprint density at radius 1 is 0.957 bits per heavy atom. The van der Waals surface area contributed by atoms with Gasteiger partial charge in [0.2, 0.25) is 6.29 Å². The highest BCUT2D eigenvalue weighted by atomic mass is 17.2. The van der Waals surface area contributed by atoms with Crippen LogP contribution in [0.3, 0.4) is 0 Å². The molecule has 0 aliphatic rings. The Balaban J connectivity index is 2.19. The average molecular weight is 308 g/mol. The third kappa shape index (κ3) is 3.00. The SMILES string of the molecule is COOC(O)c1cccc2cccc(C(=O)c3ccccc3)c12. The van der Waals surface area contributed by atoms with Crippen LogP contribution in [0.4, 0.5) is 0 Å². The summed E-state index contributed by atoms with van der Waals surface area (Å²) in [5, 5.41) is 11.6. The lowest BCUT2D eigenvalue weighted by molar-refractivity contribution is -0.358. The second-order valence-electron chi connectivity index (χ2n) is 5.06. The molecule has 1 unspecified atom stereocenters. The maximum atomic E-state index is 12.8. The molecule has 0 heterocycles. The number of aliphatic hydroxyl groups excluding tert-OH is 1. The number of ketones is 1. The summed E-state index contributed by atoms with van der Waals surface area (Å²) in [6.45, 7) is 0. The second-order valence-corrected chi connectivity index (χ2v) is 5.06. The summed E-state index contributed by atoms with van der Waals surface area (Å²) in [4.78, 5) is 22.2. The molecule has 3 aromatic rings. The van der Waals surface area contributed by atoms with Crippen LogP contribution < -0.4 is 0 Å². The van der Waals surface area contributed by atoms with Crippen LogP contribution in [-0.4, -0.2) is 18.0 Å². The number of benzene rings is 3. The molecule has 3 rings (SSSR count). The first-order chi connectivity index (χ1) is 11.2. The standard InChI is InChI=1S/C19H16O4/c1-22-23-19(21)16-12-6-10-13-9-5-11-15(17(13)16)18(20)14-7-3-2-4-8-14/h2-12,19,21H,1H3. The van der Waals surface area contributed by atoms with Gasteiger partial charge in [0.25, 0.3) is 0 Å². The number of aliphatic hydroxyl groups is 1. The first kappa shape index (κ1) is 15.4. The molecule has 3 aromatic carbocycles. The number of hydrogen-bond donors (Lipinski definition) is 1. The number of rotatable bonds is 5. The highest BCUT2D eigenvalue weighted by Crippen LogP contribution is 2.29. The molecule has 0 fully saturated rings. The Hall–Kier alpha value is -2.53. The first-order valence-electron chi connectivity index (χ1n) is 7.21. The lowest BCUT2D eigenvalue weighted by atomic mass is 9.94. The Kier molecular flexibility index (Phi) is 4.48. The van der Waals surface area contributed by atoms with E-state index in [1.165, 1.54) is 7.11 Å². The van der Waals surface area contributed by atoms with Crippen molar-refractivity contribution in [2.75, 3.05) is 7.11 Å². The van der Waals surface area contributed by atoms with Crippen molar-refractivity contribution in [3.63, 3.8) is 0 Å². The number of fused-ring (bicyclic) bond motifs is 1. The fourth-order valence-corrected chi connectivity index (χ4v) is 2.65. The molecule has 1 atom stereocenters. The highest BCUT2D eigenvalue weighted by Gasteiger charge is 2.19. The van der Waals surface area contributed by atoms with Gasteiger partial charge in [-0.25, -0.2) is 4.89 Å². The third-order valence-electron chi connectivity index (χ3n) is 3.67. The molecule has 0 spiro atoms. The zero-order valence-corrected chi connectivity index (χ0v) is 12.6. The molecular formula is C19H16O4. The van der Waals surface area contributed by atoms with Crippen molar-refractivity contribution in [2.45, 2.75) is 6.29 Å². The van der Waals surface area contributed by atoms with Crippen LogP contribution in [0.25, 0.3) is 10.8 Å². The number of hydrogen-bond acceptors (Lipinski definition) is 4. The molecule has 0 saturated carbocycles. The second kappa shape index (κ2) is 6.71. The summed E-state index contributed by atoms with van der Waals surface area (Å²) >= 11 is 0. The Labute approximate surface area is 133 Å². The van der Waals surface area contributed by atoms with Gasteiger partial charge >= 0.3 is 0 Å². The van der Waals surface area contributed by atoms with E-state index in [2.05, 4.69) is 4.89 Å². The maximum Gasteiger partial charge on any atom is 0.215 e. The summed E-state index contributed by atoms with van der Waals surface area (Å²) in [6.07, 6.45) is -1.27. The molecule has 4 heteroatoms. The fourth-order valence-electron chi connectivity index (χ4n) is 2.65. The predicted octanol–water partition coefficient (Wildman–Crippen LogP) is 3.64. The van der Waals surface area contributed by atoms with E-state index in [9.17, 15) is 9.90 Å². The fraction of sp³-hybridized carbons (Fsp3) is 0.105. The predicted molar refractivity (Wildman–Crippen MR) is 86.9 cm³/mol. The lowest BCUT2D eigenvalue weighted by Crippen LogP contribution is -2.07. The molecule has 0 aliphatic heterocycles. The van der Waals surface area contributed by atoms with Crippen LogP contribution in [0.2, 0.25) is 0 Å². The van der Waals surface area contributed by atoms with E-state index >= 15 is 0 Å². The summed E-state index contributed by atoms with van der Waals surface area (Å²) in [7, 11) is 1.32. The van der Waals surface area contributed by atoms with E-state index in [4.69, 9.17) is 4.89 Å². The monoisotopic (exact) mass is 308 g/mol. The van der Waals surface area contributed by atoms with Crippen molar-refractivity contribution < 1.29 is 19.7 Å². The number of carbonyl (C=O) groups is 1. The van der Waals surface area contributed by atoms with Crippen molar-refractivity contribution >= 4 is 16.6 Å². The van der Waals surface area contributed by atoms with E-state index in [-0.39, 0.29) is 5.78 Å². The van der Waals surface area contributed by atoms with Gasteiger partial charge in [0.1, 0.15) is 0 Å². The van der Waals surface area contributed by atoms with E-state index in [1.54, 1.807) is 30.3 Å². The Morgan fingerprint density at radius 2 is 1.65 bits per heavy atom. The van der Waals surface area contributed by atoms with Crippen molar-refractivity contribution in [3.05, 3.63) is 83.4 Å². The minimum Gasteiger partial charge on any atom is -0.362 e. The van der Waals surface area contributed by atoms with Crippen LogP contribution in [0.1, 0.15) is 27.8 Å². The van der Waals surface area contributed by atoms with Crippen molar-refractivity contribution in [2.24, 2.45) is 0 Å². The molecule has 0 amide bonds. The van der Waals surface area contributed by atoms with Crippen LogP contribution >= 0.6 is 0 Å². The zero-order chi connectivity index (χ0) is 16.2. The molecular weight excluding hydrogens is 292 g/mol. The topological polar surface area (TPSA) is 55.8 Å². The minimum atomic E-state index is -1.27. The molecule has 0 saturated heterocycles. The first-order valence-corrected chi connectivity index (χ1v) is 7.21. The van der Waals surface area contributed by atoms with Crippen LogP contribution in [0.15, 0.2) is 66.7 Å². The van der Waals surface area contributed by atoms with Gasteiger partial charge in [-0.05, 0) is 5.39 Å². The van der Waals surface area contributed by atoms with E-state index < -0.39 is 6.29 Å². The largest absolute Gasteiger partial charge is 0.362 e. The highest BCUT2D eigenvalue weighted by molar-refractivity contribution is 6.17. The summed E-state index contributed by atoms with van der Waals surface area (Å²) < 4.78 is 0. The van der Waals surface area contributed by atoms with Gasteiger partial charge in [-0.1, -0.05) is 66.7 Å². The van der Waals surface area contributed by atoms with Gasteiger partial charge in [-0.3, -0.25) is 4.79 Å². The smallest absolute Gasteiger partial charge is 0.215 e. The maximum absolute atomic E-state index is 12.8. The Morgan fingerprint density at radius 3 is 2.35 bits per heavy atom.